The molecule has 2 aromatic carbocycles. The number of fused-ring (bicyclic) bond motifs is 1. The van der Waals surface area contributed by atoms with Crippen LogP contribution < -0.4 is 10.1 Å². The average molecular weight is 497 g/mol. The van der Waals surface area contributed by atoms with Gasteiger partial charge in [0.05, 0.1) is 18.5 Å². The fourth-order valence-corrected chi connectivity index (χ4v) is 4.04. The first kappa shape index (κ1) is 24.0. The monoisotopic (exact) mass is 496 g/mol. The first-order valence-electron chi connectivity index (χ1n) is 10.9. The van der Waals surface area contributed by atoms with Gasteiger partial charge in [0.1, 0.15) is 11.4 Å². The Labute approximate surface area is 208 Å². The van der Waals surface area contributed by atoms with Crippen LogP contribution >= 0.6 is 23.2 Å². The summed E-state index contributed by atoms with van der Waals surface area (Å²) in [5.74, 6) is 0.513. The molecule has 4 rings (SSSR count). The number of rotatable bonds is 6. The third kappa shape index (κ3) is 5.18. The molecule has 1 N–H and O–H groups in total. The van der Waals surface area contributed by atoms with Gasteiger partial charge in [-0.25, -0.2) is 9.50 Å². The summed E-state index contributed by atoms with van der Waals surface area (Å²) in [7, 11) is 1.62. The lowest BCUT2D eigenvalue weighted by Crippen LogP contribution is -2.28. The predicted octanol–water partition coefficient (Wildman–Crippen LogP) is 5.98. The average Bonchev–Trinajstić information content (AvgIpc) is 3.25. The minimum absolute atomic E-state index is 0.187. The summed E-state index contributed by atoms with van der Waals surface area (Å²) in [6.45, 7) is 6.65. The van der Waals surface area contributed by atoms with Gasteiger partial charge in [0.25, 0.3) is 5.91 Å². The van der Waals surface area contributed by atoms with Gasteiger partial charge in [0.2, 0.25) is 0 Å². The number of halogens is 2. The molecule has 176 valence electrons. The van der Waals surface area contributed by atoms with Gasteiger partial charge in [-0.2, -0.15) is 5.10 Å². The van der Waals surface area contributed by atoms with Crippen molar-refractivity contribution in [3.05, 3.63) is 81.6 Å². The molecule has 2 heterocycles. The largest absolute Gasteiger partial charge is 0.497 e. The first-order chi connectivity index (χ1) is 16.2. The molecule has 6 nitrogen and oxygen atoms in total. The third-order valence-corrected chi connectivity index (χ3v) is 6.10. The van der Waals surface area contributed by atoms with Crippen molar-refractivity contribution < 1.29 is 9.53 Å². The van der Waals surface area contributed by atoms with Crippen LogP contribution in [0.1, 0.15) is 42.5 Å². The summed E-state index contributed by atoms with van der Waals surface area (Å²) < 4.78 is 6.87. The van der Waals surface area contributed by atoms with E-state index in [0.29, 0.717) is 40.0 Å². The van der Waals surface area contributed by atoms with Crippen LogP contribution in [0.4, 0.5) is 0 Å². The zero-order valence-corrected chi connectivity index (χ0v) is 21.0. The van der Waals surface area contributed by atoms with Gasteiger partial charge in [-0.15, -0.1) is 0 Å². The van der Waals surface area contributed by atoms with E-state index < -0.39 is 0 Å². The molecule has 4 aromatic rings. The molecule has 0 saturated carbocycles. The van der Waals surface area contributed by atoms with Crippen LogP contribution in [0.3, 0.4) is 0 Å². The fourth-order valence-electron chi connectivity index (χ4n) is 3.54. The number of amides is 1. The van der Waals surface area contributed by atoms with Crippen molar-refractivity contribution in [2.45, 2.75) is 32.6 Å². The summed E-state index contributed by atoms with van der Waals surface area (Å²) in [6, 6.07) is 16.6. The maximum absolute atomic E-state index is 13.3. The van der Waals surface area contributed by atoms with Crippen LogP contribution in [0.5, 0.6) is 5.75 Å². The van der Waals surface area contributed by atoms with E-state index in [4.69, 9.17) is 38.0 Å². The molecular weight excluding hydrogens is 471 g/mol. The molecule has 0 radical (unpaired) electrons. The topological polar surface area (TPSA) is 68.5 Å². The van der Waals surface area contributed by atoms with Crippen LogP contribution in [0.15, 0.2) is 54.6 Å². The third-order valence-electron chi connectivity index (χ3n) is 5.51. The Hall–Kier alpha value is -3.09. The van der Waals surface area contributed by atoms with E-state index in [-0.39, 0.29) is 11.3 Å². The van der Waals surface area contributed by atoms with Crippen LogP contribution in [0.25, 0.3) is 16.9 Å². The lowest BCUT2D eigenvalue weighted by atomic mass is 9.93. The number of carbonyl (C=O) groups excluding carboxylic acids is 1. The molecular formula is C26H26Cl2N4O2. The SMILES string of the molecule is COc1ccc(-c2cc(C(=O)NCCc3ccc(Cl)cc3Cl)n3nc(C(C)(C)C)cc3n2)cc1. The number of ether oxygens (including phenoxy) is 1. The molecule has 0 aliphatic carbocycles. The molecule has 0 saturated heterocycles. The molecule has 0 spiro atoms. The van der Waals surface area contributed by atoms with E-state index in [2.05, 4.69) is 26.1 Å². The molecule has 0 atom stereocenters. The molecule has 0 unspecified atom stereocenters. The Bertz CT molecular complexity index is 1340. The highest BCUT2D eigenvalue weighted by Gasteiger charge is 2.22. The Kier molecular flexibility index (Phi) is 6.82. The van der Waals surface area contributed by atoms with E-state index in [9.17, 15) is 4.79 Å². The Balaban J connectivity index is 1.66. The van der Waals surface area contributed by atoms with Gasteiger partial charge in [-0.3, -0.25) is 4.79 Å². The van der Waals surface area contributed by atoms with Crippen molar-refractivity contribution in [3.8, 4) is 17.0 Å². The summed E-state index contributed by atoms with van der Waals surface area (Å²) in [5.41, 5.74) is 4.17. The van der Waals surface area contributed by atoms with Crippen LogP contribution in [0.2, 0.25) is 10.0 Å². The van der Waals surface area contributed by atoms with E-state index in [0.717, 1.165) is 22.6 Å². The first-order valence-corrected chi connectivity index (χ1v) is 11.7. The zero-order chi connectivity index (χ0) is 24.5. The molecule has 0 bridgehead atoms. The number of aromatic nitrogens is 3. The van der Waals surface area contributed by atoms with E-state index in [1.54, 1.807) is 29.8 Å². The van der Waals surface area contributed by atoms with Crippen LogP contribution in [-0.4, -0.2) is 34.2 Å². The normalized spacial score (nSPS) is 11.6. The lowest BCUT2D eigenvalue weighted by Gasteiger charge is -2.13. The van der Waals surface area contributed by atoms with Crippen molar-refractivity contribution >= 4 is 34.8 Å². The highest BCUT2D eigenvalue weighted by atomic mass is 35.5. The maximum atomic E-state index is 13.3. The highest BCUT2D eigenvalue weighted by molar-refractivity contribution is 6.35. The standard InChI is InChI=1S/C26H26Cl2N4O2/c1-26(2,3)23-15-24-30-21(17-6-9-19(34-4)10-7-17)14-22(32(24)31-23)25(33)29-12-11-16-5-8-18(27)13-20(16)28/h5-10,13-15H,11-12H2,1-4H3,(H,29,33). The second-order valence-corrected chi connectivity index (χ2v) is 9.89. The fraction of sp³-hybridized carbons (Fsp3) is 0.269. The summed E-state index contributed by atoms with van der Waals surface area (Å²) in [5, 5.41) is 8.84. The second kappa shape index (κ2) is 9.65. The van der Waals surface area contributed by atoms with Gasteiger partial charge in [0.15, 0.2) is 5.65 Å². The second-order valence-electron chi connectivity index (χ2n) is 9.05. The van der Waals surface area contributed by atoms with Gasteiger partial charge >= 0.3 is 0 Å². The van der Waals surface area contributed by atoms with Crippen molar-refractivity contribution in [2.24, 2.45) is 0 Å². The maximum Gasteiger partial charge on any atom is 0.270 e. The summed E-state index contributed by atoms with van der Waals surface area (Å²) in [6.07, 6.45) is 0.577. The molecule has 2 aromatic heterocycles. The van der Waals surface area contributed by atoms with E-state index >= 15 is 0 Å². The molecule has 34 heavy (non-hydrogen) atoms. The van der Waals surface area contributed by atoms with Gasteiger partial charge < -0.3 is 10.1 Å². The Morgan fingerprint density at radius 1 is 1.06 bits per heavy atom. The number of hydrogen-bond donors (Lipinski definition) is 1. The highest BCUT2D eigenvalue weighted by Crippen LogP contribution is 2.26. The number of carbonyl (C=O) groups is 1. The lowest BCUT2D eigenvalue weighted by molar-refractivity contribution is 0.0946. The zero-order valence-electron chi connectivity index (χ0n) is 19.5. The molecule has 0 aliphatic rings. The van der Waals surface area contributed by atoms with Crippen molar-refractivity contribution in [3.63, 3.8) is 0 Å². The number of nitrogens with zero attached hydrogens (tertiary/aromatic N) is 3. The van der Waals surface area contributed by atoms with Crippen molar-refractivity contribution in [1.82, 2.24) is 19.9 Å². The number of benzene rings is 2. The van der Waals surface area contributed by atoms with Gasteiger partial charge in [-0.05, 0) is 54.4 Å². The van der Waals surface area contributed by atoms with Crippen LogP contribution in [0, 0.1) is 0 Å². The van der Waals surface area contributed by atoms with Crippen molar-refractivity contribution in [1.29, 1.82) is 0 Å². The van der Waals surface area contributed by atoms with E-state index in [1.807, 2.05) is 36.4 Å². The predicted molar refractivity (Wildman–Crippen MR) is 136 cm³/mol. The van der Waals surface area contributed by atoms with Crippen molar-refractivity contribution in [2.75, 3.05) is 13.7 Å². The Morgan fingerprint density at radius 3 is 2.44 bits per heavy atom. The minimum atomic E-state index is -0.240. The molecule has 8 heteroatoms. The number of methoxy groups -OCH3 is 1. The van der Waals surface area contributed by atoms with Crippen LogP contribution in [-0.2, 0) is 11.8 Å². The molecule has 0 aliphatic heterocycles. The summed E-state index contributed by atoms with van der Waals surface area (Å²) in [4.78, 5) is 18.0. The number of hydrogen-bond acceptors (Lipinski definition) is 4. The minimum Gasteiger partial charge on any atom is -0.497 e. The van der Waals surface area contributed by atoms with E-state index in [1.165, 1.54) is 0 Å². The molecule has 1 amide bonds. The quantitative estimate of drug-likeness (QED) is 0.356. The van der Waals surface area contributed by atoms with Gasteiger partial charge in [-0.1, -0.05) is 50.0 Å². The number of nitrogens with one attached hydrogen (secondary N) is 1. The molecule has 0 fully saturated rings. The Morgan fingerprint density at radius 2 is 1.79 bits per heavy atom. The summed E-state index contributed by atoms with van der Waals surface area (Å²) >= 11 is 12.2. The van der Waals surface area contributed by atoms with Gasteiger partial charge in [0, 0.05) is 33.6 Å². The smallest absolute Gasteiger partial charge is 0.270 e.